The number of hydrogen-bond donors (Lipinski definition) is 0. The van der Waals surface area contributed by atoms with Gasteiger partial charge in [0.2, 0.25) is 5.91 Å². The lowest BCUT2D eigenvalue weighted by molar-refractivity contribution is -0.119. The van der Waals surface area contributed by atoms with Crippen molar-refractivity contribution in [2.75, 3.05) is 18.6 Å². The number of carbonyl (C=O) groups excluding carboxylic acids is 2. The molecule has 1 rings (SSSR count). The Morgan fingerprint density at radius 1 is 1.26 bits per heavy atom. The largest absolute Gasteiger partial charge is 0.462 e. The second-order valence-corrected chi connectivity index (χ2v) is 6.59. The van der Waals surface area contributed by atoms with Gasteiger partial charge in [-0.05, 0) is 45.0 Å². The number of halogens is 1. The van der Waals surface area contributed by atoms with Crippen LogP contribution in [-0.2, 0) is 9.53 Å². The number of hydrogen-bond acceptors (Lipinski definition) is 3. The van der Waals surface area contributed by atoms with Crippen molar-refractivity contribution in [3.8, 4) is 0 Å². The molecular formula is C14H18BrNO3. The van der Waals surface area contributed by atoms with Crippen LogP contribution in [0.1, 0.15) is 31.1 Å². The molecule has 0 aliphatic carbocycles. The molecule has 0 aliphatic heterocycles. The topological polar surface area (TPSA) is 46.6 Å². The summed E-state index contributed by atoms with van der Waals surface area (Å²) in [6.07, 6.45) is 0. The molecule has 0 bridgehead atoms. The number of ether oxygens (including phenoxy) is 1. The highest BCUT2D eigenvalue weighted by molar-refractivity contribution is 9.10. The molecule has 0 saturated heterocycles. The summed E-state index contributed by atoms with van der Waals surface area (Å²) in [4.78, 5) is 25.1. The molecule has 0 radical (unpaired) electrons. The minimum atomic E-state index is -0.623. The summed E-state index contributed by atoms with van der Waals surface area (Å²) in [5.74, 6) is -0.416. The van der Waals surface area contributed by atoms with Gasteiger partial charge in [0.1, 0.15) is 0 Å². The van der Waals surface area contributed by atoms with Gasteiger partial charge in [-0.2, -0.15) is 0 Å². The summed E-state index contributed by atoms with van der Waals surface area (Å²) >= 11 is 3.33. The lowest BCUT2D eigenvalue weighted by Crippen LogP contribution is -2.39. The number of alkyl halides is 1. The lowest BCUT2D eigenvalue weighted by atomic mass is 10.1. The fourth-order valence-electron chi connectivity index (χ4n) is 1.55. The van der Waals surface area contributed by atoms with Crippen molar-refractivity contribution in [3.63, 3.8) is 0 Å². The molecule has 1 amide bonds. The Morgan fingerprint density at radius 2 is 1.79 bits per heavy atom. The monoisotopic (exact) mass is 327 g/mol. The van der Waals surface area contributed by atoms with Crippen LogP contribution in [0.5, 0.6) is 0 Å². The Bertz CT molecular complexity index is 463. The van der Waals surface area contributed by atoms with E-state index in [4.69, 9.17) is 4.74 Å². The highest BCUT2D eigenvalue weighted by Gasteiger charge is 2.27. The van der Waals surface area contributed by atoms with E-state index in [1.165, 1.54) is 0 Å². The van der Waals surface area contributed by atoms with E-state index in [1.807, 2.05) is 0 Å². The maximum atomic E-state index is 12.1. The minimum absolute atomic E-state index is 0.0589. The van der Waals surface area contributed by atoms with Crippen LogP contribution in [0, 0.1) is 0 Å². The van der Waals surface area contributed by atoms with Gasteiger partial charge >= 0.3 is 5.97 Å². The van der Waals surface area contributed by atoms with E-state index < -0.39 is 4.32 Å². The summed E-state index contributed by atoms with van der Waals surface area (Å²) in [6, 6.07) is 6.75. The van der Waals surface area contributed by atoms with Crippen molar-refractivity contribution in [2.24, 2.45) is 0 Å². The van der Waals surface area contributed by atoms with Gasteiger partial charge in [-0.15, -0.1) is 0 Å². The Kier molecular flexibility index (Phi) is 5.11. The van der Waals surface area contributed by atoms with Gasteiger partial charge in [0.05, 0.1) is 16.5 Å². The average molecular weight is 328 g/mol. The van der Waals surface area contributed by atoms with Crippen molar-refractivity contribution in [1.82, 2.24) is 0 Å². The molecule has 0 fully saturated rings. The number of anilines is 1. The summed E-state index contributed by atoms with van der Waals surface area (Å²) in [5.41, 5.74) is 1.20. The summed E-state index contributed by atoms with van der Waals surface area (Å²) in [7, 11) is 1.70. The first-order chi connectivity index (χ1) is 8.77. The number of rotatable bonds is 4. The predicted molar refractivity (Wildman–Crippen MR) is 78.8 cm³/mol. The molecule has 1 aromatic carbocycles. The molecule has 104 valence electrons. The van der Waals surface area contributed by atoms with Crippen LogP contribution >= 0.6 is 15.9 Å². The van der Waals surface area contributed by atoms with Gasteiger partial charge in [0.25, 0.3) is 0 Å². The SMILES string of the molecule is CCOC(=O)c1ccc(N(C)C(=O)C(C)(C)Br)cc1. The third-order valence-corrected chi connectivity index (χ3v) is 2.92. The highest BCUT2D eigenvalue weighted by Crippen LogP contribution is 2.23. The van der Waals surface area contributed by atoms with Crippen molar-refractivity contribution >= 4 is 33.5 Å². The third-order valence-electron chi connectivity index (χ3n) is 2.58. The maximum absolute atomic E-state index is 12.1. The van der Waals surface area contributed by atoms with E-state index in [0.29, 0.717) is 12.2 Å². The fourth-order valence-corrected chi connectivity index (χ4v) is 1.82. The number of benzene rings is 1. The molecule has 0 saturated carbocycles. The number of esters is 1. The van der Waals surface area contributed by atoms with Crippen molar-refractivity contribution in [3.05, 3.63) is 29.8 Å². The zero-order valence-electron chi connectivity index (χ0n) is 11.6. The van der Waals surface area contributed by atoms with Crippen LogP contribution < -0.4 is 4.90 Å². The molecule has 0 N–H and O–H groups in total. The van der Waals surface area contributed by atoms with Crippen LogP contribution in [0.2, 0.25) is 0 Å². The van der Waals surface area contributed by atoms with E-state index in [-0.39, 0.29) is 11.9 Å². The van der Waals surface area contributed by atoms with Crippen molar-refractivity contribution < 1.29 is 14.3 Å². The van der Waals surface area contributed by atoms with Crippen LogP contribution in [0.15, 0.2) is 24.3 Å². The number of nitrogens with zero attached hydrogens (tertiary/aromatic N) is 1. The maximum Gasteiger partial charge on any atom is 0.338 e. The Morgan fingerprint density at radius 3 is 2.21 bits per heavy atom. The molecule has 0 aliphatic rings. The average Bonchev–Trinajstić information content (AvgIpc) is 2.36. The van der Waals surface area contributed by atoms with E-state index in [9.17, 15) is 9.59 Å². The van der Waals surface area contributed by atoms with Gasteiger partial charge < -0.3 is 9.64 Å². The number of amides is 1. The van der Waals surface area contributed by atoms with E-state index in [0.717, 1.165) is 5.69 Å². The first kappa shape index (κ1) is 15.7. The summed E-state index contributed by atoms with van der Waals surface area (Å²) < 4.78 is 4.28. The van der Waals surface area contributed by atoms with Crippen molar-refractivity contribution in [1.29, 1.82) is 0 Å². The van der Waals surface area contributed by atoms with E-state index in [2.05, 4.69) is 15.9 Å². The first-order valence-corrected chi connectivity index (χ1v) is 6.81. The highest BCUT2D eigenvalue weighted by atomic mass is 79.9. The predicted octanol–water partition coefficient (Wildman–Crippen LogP) is 3.00. The van der Waals surface area contributed by atoms with Gasteiger partial charge in [-0.1, -0.05) is 15.9 Å². The quantitative estimate of drug-likeness (QED) is 0.630. The second kappa shape index (κ2) is 6.19. The Hall–Kier alpha value is -1.36. The molecular weight excluding hydrogens is 310 g/mol. The van der Waals surface area contributed by atoms with Gasteiger partial charge in [-0.3, -0.25) is 4.79 Å². The molecule has 1 aromatic rings. The standard InChI is InChI=1S/C14H18BrNO3/c1-5-19-12(17)10-6-8-11(9-7-10)16(4)13(18)14(2,3)15/h6-9H,5H2,1-4H3. The smallest absolute Gasteiger partial charge is 0.338 e. The Labute approximate surface area is 121 Å². The van der Waals surface area contributed by atoms with Crippen LogP contribution in [0.3, 0.4) is 0 Å². The van der Waals surface area contributed by atoms with Gasteiger partial charge in [0.15, 0.2) is 0 Å². The molecule has 0 atom stereocenters. The van der Waals surface area contributed by atoms with Crippen LogP contribution in [0.25, 0.3) is 0 Å². The molecule has 19 heavy (non-hydrogen) atoms. The minimum Gasteiger partial charge on any atom is -0.462 e. The van der Waals surface area contributed by atoms with Crippen molar-refractivity contribution in [2.45, 2.75) is 25.1 Å². The third kappa shape index (κ3) is 4.06. The van der Waals surface area contributed by atoms with Gasteiger partial charge in [0, 0.05) is 12.7 Å². The molecule has 0 spiro atoms. The lowest BCUT2D eigenvalue weighted by Gasteiger charge is -2.24. The van der Waals surface area contributed by atoms with Crippen LogP contribution in [0.4, 0.5) is 5.69 Å². The zero-order chi connectivity index (χ0) is 14.6. The summed E-state index contributed by atoms with van der Waals surface area (Å²) in [5, 5.41) is 0. The second-order valence-electron chi connectivity index (χ2n) is 4.60. The zero-order valence-corrected chi connectivity index (χ0v) is 13.2. The van der Waals surface area contributed by atoms with E-state index >= 15 is 0 Å². The van der Waals surface area contributed by atoms with E-state index in [1.54, 1.807) is 57.0 Å². The molecule has 0 unspecified atom stereocenters. The molecule has 0 heterocycles. The molecule has 0 aromatic heterocycles. The number of carbonyl (C=O) groups is 2. The first-order valence-electron chi connectivity index (χ1n) is 6.01. The Balaban J connectivity index is 2.87. The van der Waals surface area contributed by atoms with Crippen LogP contribution in [-0.4, -0.2) is 29.9 Å². The summed E-state index contributed by atoms with van der Waals surface area (Å²) in [6.45, 7) is 5.69. The normalized spacial score (nSPS) is 11.0. The molecule has 4 nitrogen and oxygen atoms in total. The van der Waals surface area contributed by atoms with Gasteiger partial charge in [-0.25, -0.2) is 4.79 Å². The fraction of sp³-hybridized carbons (Fsp3) is 0.429. The molecule has 5 heteroatoms.